The Morgan fingerprint density at radius 2 is 2.05 bits per heavy atom. The Morgan fingerprint density at radius 3 is 2.55 bits per heavy atom. The lowest BCUT2D eigenvalue weighted by atomic mass is 9.91. The van der Waals surface area contributed by atoms with Gasteiger partial charge in [0.25, 0.3) is 0 Å². The molecule has 0 aromatic rings. The molecule has 0 saturated carbocycles. The molecule has 0 aliphatic carbocycles. The SMILES string of the molecule is CCC(C)CN(CC)C(=O)N1CCCC(C)C1C(=O)O. The number of likely N-dealkylation sites (tertiary alicyclic amines) is 1. The lowest BCUT2D eigenvalue weighted by Crippen LogP contribution is -2.56. The van der Waals surface area contributed by atoms with E-state index in [1.165, 1.54) is 0 Å². The Labute approximate surface area is 121 Å². The number of aliphatic carboxylic acids is 1. The van der Waals surface area contributed by atoms with Gasteiger partial charge in [-0.2, -0.15) is 0 Å². The highest BCUT2D eigenvalue weighted by Crippen LogP contribution is 2.25. The second-order valence-electron chi connectivity index (χ2n) is 5.93. The van der Waals surface area contributed by atoms with Gasteiger partial charge in [0, 0.05) is 19.6 Å². The Balaban J connectivity index is 2.83. The monoisotopic (exact) mass is 284 g/mol. The van der Waals surface area contributed by atoms with Gasteiger partial charge < -0.3 is 14.9 Å². The molecule has 116 valence electrons. The predicted molar refractivity (Wildman–Crippen MR) is 78.6 cm³/mol. The van der Waals surface area contributed by atoms with Crippen LogP contribution in [0.15, 0.2) is 0 Å². The Morgan fingerprint density at radius 1 is 1.40 bits per heavy atom. The van der Waals surface area contributed by atoms with Gasteiger partial charge in [-0.3, -0.25) is 0 Å². The fraction of sp³-hybridized carbons (Fsp3) is 0.867. The fourth-order valence-electron chi connectivity index (χ4n) is 2.81. The molecule has 1 heterocycles. The average molecular weight is 284 g/mol. The molecule has 0 radical (unpaired) electrons. The Kier molecular flexibility index (Phi) is 6.30. The molecule has 3 atom stereocenters. The number of piperidine rings is 1. The van der Waals surface area contributed by atoms with Crippen molar-refractivity contribution in [2.75, 3.05) is 19.6 Å². The molecule has 5 heteroatoms. The number of amides is 2. The summed E-state index contributed by atoms with van der Waals surface area (Å²) in [7, 11) is 0. The summed E-state index contributed by atoms with van der Waals surface area (Å²) in [5.74, 6) is -0.429. The van der Waals surface area contributed by atoms with Crippen LogP contribution in [0.2, 0.25) is 0 Å². The topological polar surface area (TPSA) is 60.9 Å². The quantitative estimate of drug-likeness (QED) is 0.844. The van der Waals surface area contributed by atoms with Crippen molar-refractivity contribution < 1.29 is 14.7 Å². The molecule has 1 rings (SSSR count). The Bertz CT molecular complexity index is 346. The highest BCUT2D eigenvalue weighted by Gasteiger charge is 2.38. The molecule has 1 saturated heterocycles. The van der Waals surface area contributed by atoms with Crippen LogP contribution in [0.1, 0.15) is 47.0 Å². The zero-order valence-electron chi connectivity index (χ0n) is 13.1. The zero-order valence-corrected chi connectivity index (χ0v) is 13.1. The summed E-state index contributed by atoms with van der Waals surface area (Å²) in [5, 5.41) is 9.40. The summed E-state index contributed by atoms with van der Waals surface area (Å²) < 4.78 is 0. The first-order valence-electron chi connectivity index (χ1n) is 7.70. The van der Waals surface area contributed by atoms with Gasteiger partial charge in [0.2, 0.25) is 0 Å². The second-order valence-corrected chi connectivity index (χ2v) is 5.93. The number of nitrogens with zero attached hydrogens (tertiary/aromatic N) is 2. The molecule has 5 nitrogen and oxygen atoms in total. The Hall–Kier alpha value is -1.26. The number of carboxylic acid groups (broad SMARTS) is 1. The van der Waals surface area contributed by atoms with Crippen molar-refractivity contribution in [3.05, 3.63) is 0 Å². The average Bonchev–Trinajstić information content (AvgIpc) is 2.42. The van der Waals surface area contributed by atoms with Crippen molar-refractivity contribution in [2.24, 2.45) is 11.8 Å². The molecular formula is C15H28N2O3. The highest BCUT2D eigenvalue weighted by atomic mass is 16.4. The summed E-state index contributed by atoms with van der Waals surface area (Å²) in [6.07, 6.45) is 2.78. The number of hydrogen-bond acceptors (Lipinski definition) is 2. The lowest BCUT2D eigenvalue weighted by molar-refractivity contribution is -0.145. The number of carbonyl (C=O) groups is 2. The highest BCUT2D eigenvalue weighted by molar-refractivity contribution is 5.83. The van der Waals surface area contributed by atoms with Crippen molar-refractivity contribution >= 4 is 12.0 Å². The maximum absolute atomic E-state index is 12.6. The van der Waals surface area contributed by atoms with Crippen LogP contribution in [0.25, 0.3) is 0 Å². The van der Waals surface area contributed by atoms with Crippen LogP contribution in [0, 0.1) is 11.8 Å². The first-order chi connectivity index (χ1) is 9.42. The van der Waals surface area contributed by atoms with E-state index in [4.69, 9.17) is 0 Å². The smallest absolute Gasteiger partial charge is 0.326 e. The predicted octanol–water partition coefficient (Wildman–Crippen LogP) is 2.66. The van der Waals surface area contributed by atoms with Crippen molar-refractivity contribution in [1.82, 2.24) is 9.80 Å². The maximum Gasteiger partial charge on any atom is 0.326 e. The van der Waals surface area contributed by atoms with Gasteiger partial charge in [0.15, 0.2) is 0 Å². The lowest BCUT2D eigenvalue weighted by Gasteiger charge is -2.40. The largest absolute Gasteiger partial charge is 0.480 e. The molecule has 0 aromatic heterocycles. The van der Waals surface area contributed by atoms with Gasteiger partial charge in [-0.15, -0.1) is 0 Å². The molecule has 0 bridgehead atoms. The summed E-state index contributed by atoms with van der Waals surface area (Å²) in [4.78, 5) is 27.4. The minimum Gasteiger partial charge on any atom is -0.480 e. The molecule has 1 aliphatic heterocycles. The summed E-state index contributed by atoms with van der Waals surface area (Å²) in [6.45, 7) is 9.96. The van der Waals surface area contributed by atoms with Crippen molar-refractivity contribution in [3.8, 4) is 0 Å². The summed E-state index contributed by atoms with van der Waals surface area (Å²) >= 11 is 0. The van der Waals surface area contributed by atoms with Gasteiger partial charge in [-0.25, -0.2) is 9.59 Å². The van der Waals surface area contributed by atoms with Crippen molar-refractivity contribution in [2.45, 2.75) is 53.0 Å². The van der Waals surface area contributed by atoms with Gasteiger partial charge in [0.1, 0.15) is 6.04 Å². The minimum atomic E-state index is -0.884. The third-order valence-corrected chi connectivity index (χ3v) is 4.31. The van der Waals surface area contributed by atoms with Crippen molar-refractivity contribution in [1.29, 1.82) is 0 Å². The van der Waals surface area contributed by atoms with E-state index in [1.807, 2.05) is 13.8 Å². The van der Waals surface area contributed by atoms with Crippen LogP contribution >= 0.6 is 0 Å². The van der Waals surface area contributed by atoms with Crippen LogP contribution < -0.4 is 0 Å². The van der Waals surface area contributed by atoms with E-state index in [9.17, 15) is 14.7 Å². The van der Waals surface area contributed by atoms with Crippen LogP contribution in [-0.4, -0.2) is 52.6 Å². The van der Waals surface area contributed by atoms with Gasteiger partial charge in [-0.05, 0) is 31.6 Å². The maximum atomic E-state index is 12.6. The van der Waals surface area contributed by atoms with Gasteiger partial charge in [-0.1, -0.05) is 27.2 Å². The molecule has 3 unspecified atom stereocenters. The van der Waals surface area contributed by atoms with Crippen LogP contribution in [0.5, 0.6) is 0 Å². The minimum absolute atomic E-state index is 0.0208. The number of carboxylic acids is 1. The van der Waals surface area contributed by atoms with Crippen molar-refractivity contribution in [3.63, 3.8) is 0 Å². The molecular weight excluding hydrogens is 256 g/mol. The van der Waals surface area contributed by atoms with E-state index in [0.29, 0.717) is 25.6 Å². The van der Waals surface area contributed by atoms with E-state index < -0.39 is 12.0 Å². The van der Waals surface area contributed by atoms with E-state index in [0.717, 1.165) is 19.3 Å². The van der Waals surface area contributed by atoms with Gasteiger partial charge in [0.05, 0.1) is 0 Å². The third-order valence-electron chi connectivity index (χ3n) is 4.31. The van der Waals surface area contributed by atoms with E-state index >= 15 is 0 Å². The molecule has 1 fully saturated rings. The van der Waals surface area contributed by atoms with Crippen LogP contribution in [0.4, 0.5) is 4.79 Å². The van der Waals surface area contributed by atoms with E-state index in [1.54, 1.807) is 9.80 Å². The first-order valence-corrected chi connectivity index (χ1v) is 7.70. The summed E-state index contributed by atoms with van der Waals surface area (Å²) in [5.41, 5.74) is 0. The summed E-state index contributed by atoms with van der Waals surface area (Å²) in [6, 6.07) is -0.797. The first kappa shape index (κ1) is 16.8. The fourth-order valence-corrected chi connectivity index (χ4v) is 2.81. The molecule has 20 heavy (non-hydrogen) atoms. The van der Waals surface area contributed by atoms with Crippen LogP contribution in [0.3, 0.4) is 0 Å². The van der Waals surface area contributed by atoms with E-state index in [-0.39, 0.29) is 11.9 Å². The van der Waals surface area contributed by atoms with Gasteiger partial charge >= 0.3 is 12.0 Å². The molecule has 0 spiro atoms. The standard InChI is InChI=1S/C15H28N2O3/c1-5-11(3)10-16(6-2)15(20)17-9-7-8-12(4)13(17)14(18)19/h11-13H,5-10H2,1-4H3,(H,18,19). The number of hydrogen-bond donors (Lipinski definition) is 1. The number of carbonyl (C=O) groups excluding carboxylic acids is 1. The number of rotatable bonds is 5. The third kappa shape index (κ3) is 3.87. The van der Waals surface area contributed by atoms with E-state index in [2.05, 4.69) is 13.8 Å². The number of urea groups is 1. The molecule has 2 amide bonds. The molecule has 0 aromatic carbocycles. The zero-order chi connectivity index (χ0) is 15.3. The normalized spacial score (nSPS) is 24.3. The second kappa shape index (κ2) is 7.50. The van der Waals surface area contributed by atoms with Crippen LogP contribution in [-0.2, 0) is 4.79 Å². The molecule has 1 aliphatic rings. The molecule has 1 N–H and O–H groups in total.